The van der Waals surface area contributed by atoms with E-state index in [1.807, 2.05) is 6.92 Å². The maximum Gasteiger partial charge on any atom is 0.135 e. The summed E-state index contributed by atoms with van der Waals surface area (Å²) >= 11 is 0. The standard InChI is InChI=1S/C10H18O2/c1-3-12-10-7-5-4-6-9(10)8(2)11/h9-10H,3-7H2,1-2H3/t9-,10+/m0/s1. The number of ether oxygens (including phenoxy) is 1. The summed E-state index contributed by atoms with van der Waals surface area (Å²) in [6.07, 6.45) is 4.71. The van der Waals surface area contributed by atoms with Gasteiger partial charge >= 0.3 is 0 Å². The summed E-state index contributed by atoms with van der Waals surface area (Å²) in [6, 6.07) is 0. The van der Waals surface area contributed by atoms with Crippen LogP contribution in [-0.2, 0) is 9.53 Å². The van der Waals surface area contributed by atoms with Crippen LogP contribution in [0.15, 0.2) is 0 Å². The third-order valence-electron chi connectivity index (χ3n) is 2.61. The van der Waals surface area contributed by atoms with Crippen LogP contribution in [0.1, 0.15) is 39.5 Å². The molecule has 1 saturated carbocycles. The van der Waals surface area contributed by atoms with Crippen LogP contribution in [-0.4, -0.2) is 18.5 Å². The first kappa shape index (κ1) is 9.72. The second-order valence-corrected chi connectivity index (χ2v) is 3.50. The van der Waals surface area contributed by atoms with Crippen molar-refractivity contribution in [2.75, 3.05) is 6.61 Å². The van der Waals surface area contributed by atoms with Gasteiger partial charge in [-0.25, -0.2) is 0 Å². The molecule has 0 aromatic rings. The molecule has 2 heteroatoms. The third kappa shape index (κ3) is 2.31. The van der Waals surface area contributed by atoms with E-state index in [0.717, 1.165) is 19.4 Å². The molecule has 1 aliphatic carbocycles. The van der Waals surface area contributed by atoms with Gasteiger partial charge in [0.05, 0.1) is 6.10 Å². The van der Waals surface area contributed by atoms with Crippen LogP contribution in [0.3, 0.4) is 0 Å². The van der Waals surface area contributed by atoms with Gasteiger partial charge in [0, 0.05) is 12.5 Å². The average molecular weight is 170 g/mol. The first-order valence-electron chi connectivity index (χ1n) is 4.87. The van der Waals surface area contributed by atoms with Gasteiger partial charge in [0.1, 0.15) is 5.78 Å². The molecule has 0 unspecified atom stereocenters. The first-order valence-corrected chi connectivity index (χ1v) is 4.87. The molecule has 2 atom stereocenters. The Balaban J connectivity index is 2.48. The van der Waals surface area contributed by atoms with Gasteiger partial charge in [-0.1, -0.05) is 12.8 Å². The minimum absolute atomic E-state index is 0.179. The highest BCUT2D eigenvalue weighted by Crippen LogP contribution is 2.27. The molecule has 70 valence electrons. The van der Waals surface area contributed by atoms with E-state index in [-0.39, 0.29) is 12.0 Å². The number of hydrogen-bond donors (Lipinski definition) is 0. The van der Waals surface area contributed by atoms with Gasteiger partial charge in [0.2, 0.25) is 0 Å². The summed E-state index contributed by atoms with van der Waals surface area (Å²) in [5.74, 6) is 0.479. The Morgan fingerprint density at radius 3 is 2.67 bits per heavy atom. The van der Waals surface area contributed by atoms with Crippen molar-refractivity contribution in [3.8, 4) is 0 Å². The number of ketones is 1. The molecule has 0 heterocycles. The minimum atomic E-state index is 0.179. The van der Waals surface area contributed by atoms with E-state index in [1.165, 1.54) is 12.8 Å². The van der Waals surface area contributed by atoms with Gasteiger partial charge in [-0.05, 0) is 26.7 Å². The Morgan fingerprint density at radius 1 is 1.42 bits per heavy atom. The SMILES string of the molecule is CCO[C@@H]1CCCC[C@H]1C(C)=O. The molecule has 1 aliphatic rings. The summed E-state index contributed by atoms with van der Waals surface area (Å²) in [7, 11) is 0. The number of carbonyl (C=O) groups excluding carboxylic acids is 1. The molecule has 0 saturated heterocycles. The molecule has 12 heavy (non-hydrogen) atoms. The Morgan fingerprint density at radius 2 is 2.08 bits per heavy atom. The fourth-order valence-electron chi connectivity index (χ4n) is 1.98. The van der Waals surface area contributed by atoms with Crippen molar-refractivity contribution in [3.63, 3.8) is 0 Å². The Bertz CT molecular complexity index is 152. The first-order chi connectivity index (χ1) is 5.75. The van der Waals surface area contributed by atoms with Crippen LogP contribution in [0.4, 0.5) is 0 Å². The fourth-order valence-corrected chi connectivity index (χ4v) is 1.98. The van der Waals surface area contributed by atoms with E-state index < -0.39 is 0 Å². The molecule has 0 amide bonds. The Labute approximate surface area is 74.3 Å². The number of rotatable bonds is 3. The molecule has 0 bridgehead atoms. The molecule has 2 nitrogen and oxygen atoms in total. The van der Waals surface area contributed by atoms with Crippen molar-refractivity contribution < 1.29 is 9.53 Å². The maximum atomic E-state index is 11.2. The predicted molar refractivity (Wildman–Crippen MR) is 48.1 cm³/mol. The predicted octanol–water partition coefficient (Wildman–Crippen LogP) is 2.17. The Hall–Kier alpha value is -0.370. The van der Waals surface area contributed by atoms with Crippen LogP contribution >= 0.6 is 0 Å². The third-order valence-corrected chi connectivity index (χ3v) is 2.61. The zero-order chi connectivity index (χ0) is 8.97. The summed E-state index contributed by atoms with van der Waals surface area (Å²) in [4.78, 5) is 11.2. The van der Waals surface area contributed by atoms with E-state index >= 15 is 0 Å². The molecule has 1 rings (SSSR count). The quantitative estimate of drug-likeness (QED) is 0.649. The van der Waals surface area contributed by atoms with Crippen molar-refractivity contribution in [1.82, 2.24) is 0 Å². The zero-order valence-electron chi connectivity index (χ0n) is 8.01. The fraction of sp³-hybridized carbons (Fsp3) is 0.900. The summed E-state index contributed by atoms with van der Waals surface area (Å²) in [5, 5.41) is 0. The van der Waals surface area contributed by atoms with Crippen LogP contribution in [0.25, 0.3) is 0 Å². The highest BCUT2D eigenvalue weighted by molar-refractivity contribution is 5.78. The smallest absolute Gasteiger partial charge is 0.135 e. The van der Waals surface area contributed by atoms with Crippen LogP contribution in [0.2, 0.25) is 0 Å². The number of hydrogen-bond acceptors (Lipinski definition) is 2. The molecule has 0 radical (unpaired) electrons. The van der Waals surface area contributed by atoms with Gasteiger partial charge < -0.3 is 4.74 Å². The molecule has 0 aliphatic heterocycles. The number of Topliss-reactive ketones (excluding diaryl/α,β-unsaturated/α-hetero) is 1. The van der Waals surface area contributed by atoms with Gasteiger partial charge in [0.25, 0.3) is 0 Å². The second kappa shape index (κ2) is 4.61. The molecule has 1 fully saturated rings. The van der Waals surface area contributed by atoms with E-state index in [0.29, 0.717) is 5.78 Å². The molecular weight excluding hydrogens is 152 g/mol. The lowest BCUT2D eigenvalue weighted by atomic mass is 9.84. The lowest BCUT2D eigenvalue weighted by molar-refractivity contribution is -0.127. The Kier molecular flexibility index (Phi) is 3.73. The minimum Gasteiger partial charge on any atom is -0.378 e. The molecular formula is C10H18O2. The average Bonchev–Trinajstić information content (AvgIpc) is 2.05. The molecule has 0 spiro atoms. The van der Waals surface area contributed by atoms with E-state index in [9.17, 15) is 4.79 Å². The van der Waals surface area contributed by atoms with Crippen molar-refractivity contribution in [2.45, 2.75) is 45.6 Å². The second-order valence-electron chi connectivity index (χ2n) is 3.50. The van der Waals surface area contributed by atoms with Crippen molar-refractivity contribution in [3.05, 3.63) is 0 Å². The summed E-state index contributed by atoms with van der Waals surface area (Å²) in [6.45, 7) is 4.41. The van der Waals surface area contributed by atoms with Gasteiger partial charge in [-0.15, -0.1) is 0 Å². The van der Waals surface area contributed by atoms with E-state index in [4.69, 9.17) is 4.74 Å². The molecule has 0 aromatic carbocycles. The summed E-state index contributed by atoms with van der Waals surface area (Å²) in [5.41, 5.74) is 0. The zero-order valence-corrected chi connectivity index (χ0v) is 8.01. The highest BCUT2D eigenvalue weighted by Gasteiger charge is 2.28. The van der Waals surface area contributed by atoms with Gasteiger partial charge in [-0.2, -0.15) is 0 Å². The topological polar surface area (TPSA) is 26.3 Å². The molecule has 0 N–H and O–H groups in total. The van der Waals surface area contributed by atoms with Crippen LogP contribution in [0, 0.1) is 5.92 Å². The summed E-state index contributed by atoms with van der Waals surface area (Å²) < 4.78 is 5.54. The monoisotopic (exact) mass is 170 g/mol. The lowest BCUT2D eigenvalue weighted by Gasteiger charge is -2.29. The lowest BCUT2D eigenvalue weighted by Crippen LogP contribution is -2.32. The van der Waals surface area contributed by atoms with Crippen LogP contribution in [0.5, 0.6) is 0 Å². The normalized spacial score (nSPS) is 30.2. The number of carbonyl (C=O) groups is 1. The molecule has 0 aromatic heterocycles. The van der Waals surface area contributed by atoms with Gasteiger partial charge in [0.15, 0.2) is 0 Å². The van der Waals surface area contributed by atoms with Crippen LogP contribution < -0.4 is 0 Å². The van der Waals surface area contributed by atoms with E-state index in [2.05, 4.69) is 0 Å². The van der Waals surface area contributed by atoms with E-state index in [1.54, 1.807) is 6.92 Å². The maximum absolute atomic E-state index is 11.2. The van der Waals surface area contributed by atoms with Gasteiger partial charge in [-0.3, -0.25) is 4.79 Å². The van der Waals surface area contributed by atoms with Crippen molar-refractivity contribution in [1.29, 1.82) is 0 Å². The largest absolute Gasteiger partial charge is 0.378 e. The van der Waals surface area contributed by atoms with Crippen molar-refractivity contribution in [2.24, 2.45) is 5.92 Å². The van der Waals surface area contributed by atoms with Crippen molar-refractivity contribution >= 4 is 5.78 Å². The highest BCUT2D eigenvalue weighted by atomic mass is 16.5.